The van der Waals surface area contributed by atoms with Gasteiger partial charge in [0.15, 0.2) is 0 Å². The molecular weight excluding hydrogens is 327 g/mol. The van der Waals surface area contributed by atoms with Gasteiger partial charge in [0.2, 0.25) is 0 Å². The van der Waals surface area contributed by atoms with Crippen LogP contribution in [0.4, 0.5) is 0 Å². The van der Waals surface area contributed by atoms with E-state index in [0.29, 0.717) is 10.6 Å². The number of amides is 1. The zero-order valence-corrected chi connectivity index (χ0v) is 13.2. The Morgan fingerprint density at radius 3 is 2.38 bits per heavy atom. The van der Waals surface area contributed by atoms with Crippen LogP contribution in [-0.2, 0) is 0 Å². The highest BCUT2D eigenvalue weighted by atomic mass is 35.5. The number of nitrogens with two attached hydrogens (primary N) is 1. The molecule has 0 saturated heterocycles. The summed E-state index contributed by atoms with van der Waals surface area (Å²) in [5, 5.41) is 3.51. The molecule has 1 amide bonds. The zero-order valence-electron chi connectivity index (χ0n) is 10.8. The molecule has 0 fully saturated rings. The second-order valence-corrected chi connectivity index (χ2v) is 5.66. The third-order valence-electron chi connectivity index (χ3n) is 2.87. The number of thiocarbonyl (C=S) groups is 1. The molecule has 0 bridgehead atoms. The monoisotopic (exact) mass is 338 g/mol. The van der Waals surface area contributed by atoms with Gasteiger partial charge in [-0.3, -0.25) is 4.79 Å². The summed E-state index contributed by atoms with van der Waals surface area (Å²) in [6, 6.07) is 13.4. The van der Waals surface area contributed by atoms with E-state index in [0.717, 1.165) is 5.56 Å². The van der Waals surface area contributed by atoms with E-state index in [1.165, 1.54) is 6.07 Å². The Labute approximate surface area is 138 Å². The maximum atomic E-state index is 12.3. The lowest BCUT2D eigenvalue weighted by atomic mass is 10.1. The smallest absolute Gasteiger partial charge is 0.253 e. The van der Waals surface area contributed by atoms with E-state index in [2.05, 4.69) is 5.32 Å². The van der Waals surface area contributed by atoms with Crippen LogP contribution in [0.5, 0.6) is 0 Å². The molecule has 6 heteroatoms. The number of halogens is 2. The van der Waals surface area contributed by atoms with Gasteiger partial charge in [-0.05, 0) is 23.8 Å². The zero-order chi connectivity index (χ0) is 15.4. The highest BCUT2D eigenvalue weighted by Crippen LogP contribution is 2.22. The second-order valence-electron chi connectivity index (χ2n) is 4.34. The molecule has 2 aromatic carbocycles. The molecule has 108 valence electrons. The minimum absolute atomic E-state index is 0.180. The third-order valence-corrected chi connectivity index (χ3v) is 3.65. The van der Waals surface area contributed by atoms with Crippen molar-refractivity contribution in [3.63, 3.8) is 0 Å². The standard InChI is InChI=1S/C15H12Cl2N2OS/c16-10-6-7-11(12(17)8-10)15(20)19-13(14(18)21)9-4-2-1-3-5-9/h1-8,13H,(H2,18,21)(H,19,20). The van der Waals surface area contributed by atoms with Crippen molar-refractivity contribution in [2.45, 2.75) is 6.04 Å². The summed E-state index contributed by atoms with van der Waals surface area (Å²) < 4.78 is 0. The largest absolute Gasteiger partial charge is 0.391 e. The number of carbonyl (C=O) groups is 1. The van der Waals surface area contributed by atoms with Gasteiger partial charge in [0.1, 0.15) is 11.0 Å². The van der Waals surface area contributed by atoms with Crippen LogP contribution < -0.4 is 11.1 Å². The molecule has 0 saturated carbocycles. The predicted molar refractivity (Wildman–Crippen MR) is 89.9 cm³/mol. The van der Waals surface area contributed by atoms with Crippen molar-refractivity contribution in [2.24, 2.45) is 5.73 Å². The van der Waals surface area contributed by atoms with Crippen LogP contribution >= 0.6 is 35.4 Å². The molecular formula is C15H12Cl2N2OS. The van der Waals surface area contributed by atoms with Gasteiger partial charge in [0.05, 0.1) is 10.6 Å². The fraction of sp³-hybridized carbons (Fsp3) is 0.0667. The minimum Gasteiger partial charge on any atom is -0.391 e. The maximum Gasteiger partial charge on any atom is 0.253 e. The van der Waals surface area contributed by atoms with Gasteiger partial charge in [-0.2, -0.15) is 0 Å². The lowest BCUT2D eigenvalue weighted by Crippen LogP contribution is -2.36. The molecule has 0 radical (unpaired) electrons. The Hall–Kier alpha value is -1.62. The first-order chi connectivity index (χ1) is 9.99. The van der Waals surface area contributed by atoms with E-state index in [1.54, 1.807) is 12.1 Å². The van der Waals surface area contributed by atoms with Crippen molar-refractivity contribution >= 4 is 46.3 Å². The van der Waals surface area contributed by atoms with Crippen LogP contribution in [0.1, 0.15) is 22.0 Å². The maximum absolute atomic E-state index is 12.3. The summed E-state index contributed by atoms with van der Waals surface area (Å²) in [7, 11) is 0. The van der Waals surface area contributed by atoms with E-state index >= 15 is 0 Å². The Morgan fingerprint density at radius 1 is 1.14 bits per heavy atom. The van der Waals surface area contributed by atoms with E-state index in [-0.39, 0.29) is 15.9 Å². The van der Waals surface area contributed by atoms with Gasteiger partial charge in [-0.15, -0.1) is 0 Å². The average molecular weight is 339 g/mol. The summed E-state index contributed by atoms with van der Waals surface area (Å²) in [6.45, 7) is 0. The van der Waals surface area contributed by atoms with Gasteiger partial charge in [-0.25, -0.2) is 0 Å². The highest BCUT2D eigenvalue weighted by Gasteiger charge is 2.19. The topological polar surface area (TPSA) is 55.1 Å². The fourth-order valence-electron chi connectivity index (χ4n) is 1.85. The third kappa shape index (κ3) is 3.94. The molecule has 2 rings (SSSR count). The Bertz CT molecular complexity index is 677. The quantitative estimate of drug-likeness (QED) is 0.834. The minimum atomic E-state index is -0.555. The number of benzene rings is 2. The summed E-state index contributed by atoms with van der Waals surface area (Å²) in [6.07, 6.45) is 0. The molecule has 2 aromatic rings. The van der Waals surface area contributed by atoms with E-state index < -0.39 is 6.04 Å². The van der Waals surface area contributed by atoms with E-state index in [9.17, 15) is 4.79 Å². The molecule has 0 spiro atoms. The fourth-order valence-corrected chi connectivity index (χ4v) is 2.54. The molecule has 0 aliphatic heterocycles. The molecule has 3 nitrogen and oxygen atoms in total. The first kappa shape index (κ1) is 15.8. The lowest BCUT2D eigenvalue weighted by Gasteiger charge is -2.18. The SMILES string of the molecule is NC(=S)C(NC(=O)c1ccc(Cl)cc1Cl)c1ccccc1. The van der Waals surface area contributed by atoms with Gasteiger partial charge < -0.3 is 11.1 Å². The van der Waals surface area contributed by atoms with Crippen LogP contribution in [0.2, 0.25) is 10.0 Å². The summed E-state index contributed by atoms with van der Waals surface area (Å²) in [4.78, 5) is 12.5. The van der Waals surface area contributed by atoms with Gasteiger partial charge in [0.25, 0.3) is 5.91 Å². The first-order valence-corrected chi connectivity index (χ1v) is 7.25. The van der Waals surface area contributed by atoms with Crippen molar-refractivity contribution in [1.29, 1.82) is 0 Å². The van der Waals surface area contributed by atoms with Crippen molar-refractivity contribution in [3.05, 3.63) is 69.7 Å². The number of hydrogen-bond donors (Lipinski definition) is 2. The Morgan fingerprint density at radius 2 is 1.81 bits per heavy atom. The molecule has 0 aliphatic rings. The van der Waals surface area contributed by atoms with Crippen molar-refractivity contribution < 1.29 is 4.79 Å². The Balaban J connectivity index is 2.25. The van der Waals surface area contributed by atoms with Gasteiger partial charge >= 0.3 is 0 Å². The van der Waals surface area contributed by atoms with Crippen molar-refractivity contribution in [2.75, 3.05) is 0 Å². The average Bonchev–Trinajstić information content (AvgIpc) is 2.45. The van der Waals surface area contributed by atoms with Crippen molar-refractivity contribution in [3.8, 4) is 0 Å². The van der Waals surface area contributed by atoms with Gasteiger partial charge in [-0.1, -0.05) is 65.8 Å². The molecule has 1 atom stereocenters. The Kier molecular flexibility index (Phi) is 5.17. The summed E-state index contributed by atoms with van der Waals surface area (Å²) in [5.41, 5.74) is 6.85. The van der Waals surface area contributed by atoms with E-state index in [1.807, 2.05) is 30.3 Å². The highest BCUT2D eigenvalue weighted by molar-refractivity contribution is 7.80. The summed E-state index contributed by atoms with van der Waals surface area (Å²) >= 11 is 16.9. The van der Waals surface area contributed by atoms with Crippen molar-refractivity contribution in [1.82, 2.24) is 5.32 Å². The molecule has 1 unspecified atom stereocenters. The molecule has 0 aliphatic carbocycles. The van der Waals surface area contributed by atoms with E-state index in [4.69, 9.17) is 41.2 Å². The predicted octanol–water partition coefficient (Wildman–Crippen LogP) is 3.75. The number of nitrogens with one attached hydrogen (secondary N) is 1. The molecule has 0 heterocycles. The van der Waals surface area contributed by atoms with Crippen LogP contribution in [0.3, 0.4) is 0 Å². The number of rotatable bonds is 4. The molecule has 21 heavy (non-hydrogen) atoms. The number of hydrogen-bond acceptors (Lipinski definition) is 2. The second kappa shape index (κ2) is 6.89. The van der Waals surface area contributed by atoms with Crippen LogP contribution in [0, 0.1) is 0 Å². The lowest BCUT2D eigenvalue weighted by molar-refractivity contribution is 0.0947. The van der Waals surface area contributed by atoms with Crippen LogP contribution in [-0.4, -0.2) is 10.9 Å². The normalized spacial score (nSPS) is 11.7. The molecule has 0 aromatic heterocycles. The number of carbonyl (C=O) groups excluding carboxylic acids is 1. The summed E-state index contributed by atoms with van der Waals surface area (Å²) in [5.74, 6) is -0.363. The van der Waals surface area contributed by atoms with Crippen LogP contribution in [0.25, 0.3) is 0 Å². The van der Waals surface area contributed by atoms with Gasteiger partial charge in [0, 0.05) is 5.02 Å². The molecule has 3 N–H and O–H groups in total. The van der Waals surface area contributed by atoms with Crippen LogP contribution in [0.15, 0.2) is 48.5 Å². The first-order valence-electron chi connectivity index (χ1n) is 6.09.